The molecule has 1 rings (SSSR count). The molecule has 1 heterocycles. The van der Waals surface area contributed by atoms with Crippen molar-refractivity contribution in [3.8, 4) is 0 Å². The van der Waals surface area contributed by atoms with Crippen LogP contribution in [-0.4, -0.2) is 72.2 Å². The van der Waals surface area contributed by atoms with E-state index in [0.717, 1.165) is 32.0 Å². The van der Waals surface area contributed by atoms with Crippen LogP contribution < -0.4 is 15.4 Å². The lowest BCUT2D eigenvalue weighted by molar-refractivity contribution is 0.0424. The van der Waals surface area contributed by atoms with Crippen LogP contribution in [0, 0.1) is 0 Å². The summed E-state index contributed by atoms with van der Waals surface area (Å²) in [7, 11) is -3.10. The van der Waals surface area contributed by atoms with Crippen molar-refractivity contribution in [1.29, 1.82) is 0 Å². The van der Waals surface area contributed by atoms with Crippen molar-refractivity contribution < 1.29 is 17.9 Å². The topological polar surface area (TPSA) is 101 Å². The maximum atomic E-state index is 11.3. The van der Waals surface area contributed by atoms with Gasteiger partial charge in [0.2, 0.25) is 10.0 Å². The van der Waals surface area contributed by atoms with Crippen molar-refractivity contribution in [3.05, 3.63) is 0 Å². The van der Waals surface area contributed by atoms with Gasteiger partial charge in [0, 0.05) is 39.4 Å². The summed E-state index contributed by atoms with van der Waals surface area (Å²) < 4.78 is 36.1. The lowest BCUT2D eigenvalue weighted by Gasteiger charge is -2.12. The zero-order valence-corrected chi connectivity index (χ0v) is 15.7. The van der Waals surface area contributed by atoms with E-state index in [1.807, 2.05) is 6.92 Å². The first-order valence-electron chi connectivity index (χ1n) is 8.76. The van der Waals surface area contributed by atoms with Gasteiger partial charge in [-0.1, -0.05) is 0 Å². The van der Waals surface area contributed by atoms with E-state index in [1.54, 1.807) is 6.92 Å². The quantitative estimate of drug-likeness (QED) is 0.257. The molecule has 1 saturated heterocycles. The van der Waals surface area contributed by atoms with Gasteiger partial charge in [0.15, 0.2) is 5.96 Å². The number of nitrogens with zero attached hydrogens (tertiary/aromatic N) is 1. The highest BCUT2D eigenvalue weighted by Gasteiger charge is 2.15. The summed E-state index contributed by atoms with van der Waals surface area (Å²) in [5.74, 6) is 0.861. The fourth-order valence-corrected chi connectivity index (χ4v) is 2.78. The van der Waals surface area contributed by atoms with Gasteiger partial charge in [0.05, 0.1) is 18.5 Å². The zero-order valence-electron chi connectivity index (χ0n) is 14.8. The molecule has 9 heteroatoms. The Morgan fingerprint density at radius 3 is 2.75 bits per heavy atom. The fourth-order valence-electron chi connectivity index (χ4n) is 2.12. The van der Waals surface area contributed by atoms with E-state index in [-0.39, 0.29) is 11.9 Å². The zero-order chi connectivity index (χ0) is 17.7. The molecule has 1 atom stereocenters. The smallest absolute Gasteiger partial charge is 0.211 e. The van der Waals surface area contributed by atoms with Crippen molar-refractivity contribution in [2.24, 2.45) is 4.99 Å². The SMILES string of the molecule is CCNC(=NCCCOC1CCOC1)NCCCNS(=O)(=O)CC. The van der Waals surface area contributed by atoms with E-state index in [2.05, 4.69) is 20.3 Å². The van der Waals surface area contributed by atoms with E-state index < -0.39 is 10.0 Å². The summed E-state index contributed by atoms with van der Waals surface area (Å²) in [5.41, 5.74) is 0. The summed E-state index contributed by atoms with van der Waals surface area (Å²) in [6.45, 7) is 8.38. The van der Waals surface area contributed by atoms with Gasteiger partial charge in [0.1, 0.15) is 0 Å². The van der Waals surface area contributed by atoms with Gasteiger partial charge in [-0.25, -0.2) is 13.1 Å². The van der Waals surface area contributed by atoms with E-state index in [1.165, 1.54) is 0 Å². The van der Waals surface area contributed by atoms with Crippen molar-refractivity contribution in [2.75, 3.05) is 51.8 Å². The number of guanidine groups is 1. The summed E-state index contributed by atoms with van der Waals surface area (Å²) in [6.07, 6.45) is 2.79. The molecule has 0 saturated carbocycles. The highest BCUT2D eigenvalue weighted by molar-refractivity contribution is 7.89. The van der Waals surface area contributed by atoms with E-state index in [0.29, 0.717) is 39.3 Å². The summed E-state index contributed by atoms with van der Waals surface area (Å²) in [6, 6.07) is 0. The number of aliphatic imine (C=N–C) groups is 1. The van der Waals surface area contributed by atoms with Crippen molar-refractivity contribution >= 4 is 16.0 Å². The summed E-state index contributed by atoms with van der Waals surface area (Å²) in [4.78, 5) is 4.48. The van der Waals surface area contributed by atoms with Crippen LogP contribution in [-0.2, 0) is 19.5 Å². The van der Waals surface area contributed by atoms with Crippen molar-refractivity contribution in [3.63, 3.8) is 0 Å². The van der Waals surface area contributed by atoms with Gasteiger partial charge in [-0.2, -0.15) is 0 Å². The normalized spacial score (nSPS) is 18.8. The molecule has 3 N–H and O–H groups in total. The number of hydrogen-bond donors (Lipinski definition) is 3. The number of ether oxygens (including phenoxy) is 2. The van der Waals surface area contributed by atoms with Crippen molar-refractivity contribution in [1.82, 2.24) is 15.4 Å². The average Bonchev–Trinajstić information content (AvgIpc) is 3.07. The molecule has 0 spiro atoms. The molecule has 0 aromatic heterocycles. The van der Waals surface area contributed by atoms with Gasteiger partial charge in [-0.15, -0.1) is 0 Å². The molecule has 142 valence electrons. The Morgan fingerprint density at radius 2 is 2.08 bits per heavy atom. The Labute approximate surface area is 145 Å². The molecule has 1 fully saturated rings. The van der Waals surface area contributed by atoms with Gasteiger partial charge >= 0.3 is 0 Å². The number of sulfonamides is 1. The van der Waals surface area contributed by atoms with Crippen LogP contribution in [0.25, 0.3) is 0 Å². The molecule has 0 aliphatic carbocycles. The second kappa shape index (κ2) is 12.5. The first-order valence-corrected chi connectivity index (χ1v) is 10.4. The van der Waals surface area contributed by atoms with E-state index >= 15 is 0 Å². The van der Waals surface area contributed by atoms with Gasteiger partial charge in [-0.05, 0) is 33.1 Å². The maximum absolute atomic E-state index is 11.3. The third kappa shape index (κ3) is 10.1. The number of rotatable bonds is 12. The minimum atomic E-state index is -3.10. The molecule has 24 heavy (non-hydrogen) atoms. The van der Waals surface area contributed by atoms with Crippen LogP contribution >= 0.6 is 0 Å². The van der Waals surface area contributed by atoms with Crippen LogP contribution in [0.3, 0.4) is 0 Å². The molecule has 1 aliphatic heterocycles. The predicted molar refractivity (Wildman–Crippen MR) is 95.9 cm³/mol. The fraction of sp³-hybridized carbons (Fsp3) is 0.933. The molecule has 8 nitrogen and oxygen atoms in total. The molecule has 0 amide bonds. The van der Waals surface area contributed by atoms with Gasteiger partial charge < -0.3 is 20.1 Å². The van der Waals surface area contributed by atoms with Crippen molar-refractivity contribution in [2.45, 2.75) is 39.2 Å². The standard InChI is InChI=1S/C15H32N4O4S/c1-3-16-15(17-8-5-10-19-24(20,21)4-2)18-9-6-11-23-14-7-12-22-13-14/h14,19H,3-13H2,1-2H3,(H2,16,17,18). The Balaban J connectivity index is 2.12. The lowest BCUT2D eigenvalue weighted by Crippen LogP contribution is -2.39. The monoisotopic (exact) mass is 364 g/mol. The van der Waals surface area contributed by atoms with Crippen LogP contribution in [0.2, 0.25) is 0 Å². The Kier molecular flexibility index (Phi) is 11.0. The summed E-state index contributed by atoms with van der Waals surface area (Å²) in [5, 5.41) is 6.37. The first kappa shape index (κ1) is 21.1. The second-order valence-corrected chi connectivity index (χ2v) is 7.64. The molecular weight excluding hydrogens is 332 g/mol. The first-order chi connectivity index (χ1) is 11.6. The molecule has 0 aromatic carbocycles. The maximum Gasteiger partial charge on any atom is 0.211 e. The van der Waals surface area contributed by atoms with Gasteiger partial charge in [0.25, 0.3) is 0 Å². The van der Waals surface area contributed by atoms with Crippen LogP contribution in [0.4, 0.5) is 0 Å². The van der Waals surface area contributed by atoms with Gasteiger partial charge in [-0.3, -0.25) is 4.99 Å². The van der Waals surface area contributed by atoms with E-state index in [9.17, 15) is 8.42 Å². The highest BCUT2D eigenvalue weighted by atomic mass is 32.2. The average molecular weight is 365 g/mol. The third-order valence-electron chi connectivity index (χ3n) is 3.51. The molecule has 0 bridgehead atoms. The van der Waals surface area contributed by atoms with Crippen LogP contribution in [0.15, 0.2) is 4.99 Å². The van der Waals surface area contributed by atoms with E-state index in [4.69, 9.17) is 9.47 Å². The number of hydrogen-bond acceptors (Lipinski definition) is 5. The molecular formula is C15H32N4O4S. The molecule has 1 unspecified atom stereocenters. The minimum absolute atomic E-state index is 0.111. The van der Waals surface area contributed by atoms with Crippen LogP contribution in [0.1, 0.15) is 33.1 Å². The highest BCUT2D eigenvalue weighted by Crippen LogP contribution is 2.07. The largest absolute Gasteiger partial charge is 0.379 e. The second-order valence-electron chi connectivity index (χ2n) is 5.55. The number of nitrogens with one attached hydrogen (secondary N) is 3. The molecule has 0 radical (unpaired) electrons. The summed E-state index contributed by atoms with van der Waals surface area (Å²) >= 11 is 0. The minimum Gasteiger partial charge on any atom is -0.379 e. The lowest BCUT2D eigenvalue weighted by atomic mass is 10.3. The predicted octanol–water partition coefficient (Wildman–Crippen LogP) is 0.0665. The Morgan fingerprint density at radius 1 is 1.25 bits per heavy atom. The molecule has 0 aromatic rings. The Bertz CT molecular complexity index is 450. The molecule has 1 aliphatic rings. The third-order valence-corrected chi connectivity index (χ3v) is 4.91. The van der Waals surface area contributed by atoms with Crippen LogP contribution in [0.5, 0.6) is 0 Å². The Hall–Kier alpha value is -0.900.